The Bertz CT molecular complexity index is 891. The SMILES string of the molecule is Cc1onc(-c2ccccc2)c1C=Cc1cc(C(=O)NC(C)C)[nH]n1. The van der Waals surface area contributed by atoms with Gasteiger partial charge >= 0.3 is 0 Å². The van der Waals surface area contributed by atoms with Crippen LogP contribution in [0.3, 0.4) is 0 Å². The van der Waals surface area contributed by atoms with Gasteiger partial charge in [-0.05, 0) is 39.0 Å². The summed E-state index contributed by atoms with van der Waals surface area (Å²) in [4.78, 5) is 12.0. The minimum Gasteiger partial charge on any atom is -0.360 e. The summed E-state index contributed by atoms with van der Waals surface area (Å²) in [5.41, 5.74) is 3.75. The van der Waals surface area contributed by atoms with Crippen molar-refractivity contribution in [2.24, 2.45) is 0 Å². The molecule has 6 nitrogen and oxygen atoms in total. The summed E-state index contributed by atoms with van der Waals surface area (Å²) in [6.45, 7) is 5.69. The van der Waals surface area contributed by atoms with Gasteiger partial charge in [-0.15, -0.1) is 0 Å². The summed E-state index contributed by atoms with van der Waals surface area (Å²) in [6.07, 6.45) is 3.73. The molecule has 2 aromatic heterocycles. The van der Waals surface area contributed by atoms with E-state index in [1.54, 1.807) is 6.07 Å². The molecule has 0 spiro atoms. The van der Waals surface area contributed by atoms with Gasteiger partial charge in [-0.2, -0.15) is 5.10 Å². The lowest BCUT2D eigenvalue weighted by Gasteiger charge is -2.05. The van der Waals surface area contributed by atoms with Crippen LogP contribution in [0.15, 0.2) is 40.9 Å². The Hall–Kier alpha value is -3.15. The van der Waals surface area contributed by atoms with Crippen LogP contribution in [0, 0.1) is 6.92 Å². The van der Waals surface area contributed by atoms with Crippen LogP contribution in [0.25, 0.3) is 23.4 Å². The Morgan fingerprint density at radius 3 is 2.72 bits per heavy atom. The summed E-state index contributed by atoms with van der Waals surface area (Å²) in [5, 5.41) is 13.9. The Morgan fingerprint density at radius 2 is 2.00 bits per heavy atom. The third kappa shape index (κ3) is 3.85. The molecular weight excluding hydrogens is 316 g/mol. The van der Waals surface area contributed by atoms with E-state index in [1.165, 1.54) is 0 Å². The largest absolute Gasteiger partial charge is 0.360 e. The standard InChI is InChI=1S/C19H20N4O2/c1-12(2)20-19(24)17-11-15(21-22-17)9-10-16-13(3)25-23-18(16)14-7-5-4-6-8-14/h4-12H,1-3H3,(H,20,24)(H,21,22). The van der Waals surface area contributed by atoms with Gasteiger partial charge in [0.15, 0.2) is 0 Å². The van der Waals surface area contributed by atoms with Gasteiger partial charge in [0.1, 0.15) is 17.1 Å². The quantitative estimate of drug-likeness (QED) is 0.744. The smallest absolute Gasteiger partial charge is 0.269 e. The van der Waals surface area contributed by atoms with E-state index in [9.17, 15) is 4.79 Å². The zero-order valence-electron chi connectivity index (χ0n) is 14.4. The fourth-order valence-electron chi connectivity index (χ4n) is 2.43. The highest BCUT2D eigenvalue weighted by molar-refractivity contribution is 5.93. The van der Waals surface area contributed by atoms with Crippen LogP contribution in [-0.2, 0) is 0 Å². The maximum Gasteiger partial charge on any atom is 0.269 e. The van der Waals surface area contributed by atoms with Gasteiger partial charge in [0, 0.05) is 17.2 Å². The number of amides is 1. The molecule has 0 saturated heterocycles. The monoisotopic (exact) mass is 336 g/mol. The fourth-order valence-corrected chi connectivity index (χ4v) is 2.43. The third-order valence-electron chi connectivity index (χ3n) is 3.64. The Morgan fingerprint density at radius 1 is 1.24 bits per heavy atom. The highest BCUT2D eigenvalue weighted by Gasteiger charge is 2.13. The lowest BCUT2D eigenvalue weighted by atomic mass is 10.1. The Balaban J connectivity index is 1.83. The number of carbonyl (C=O) groups is 1. The maximum atomic E-state index is 12.0. The highest BCUT2D eigenvalue weighted by Crippen LogP contribution is 2.26. The van der Waals surface area contributed by atoms with Crippen molar-refractivity contribution in [3.8, 4) is 11.3 Å². The topological polar surface area (TPSA) is 83.8 Å². The van der Waals surface area contributed by atoms with E-state index in [0.717, 1.165) is 22.6 Å². The number of hydrogen-bond donors (Lipinski definition) is 2. The molecule has 0 aliphatic carbocycles. The normalized spacial score (nSPS) is 11.4. The van der Waals surface area contributed by atoms with E-state index in [2.05, 4.69) is 20.7 Å². The summed E-state index contributed by atoms with van der Waals surface area (Å²) in [7, 11) is 0. The van der Waals surface area contributed by atoms with Crippen LogP contribution in [0.2, 0.25) is 0 Å². The molecule has 0 saturated carbocycles. The predicted octanol–water partition coefficient (Wildman–Crippen LogP) is 3.68. The van der Waals surface area contributed by atoms with Crippen LogP contribution in [0.5, 0.6) is 0 Å². The van der Waals surface area contributed by atoms with Gasteiger partial charge in [-0.1, -0.05) is 35.5 Å². The van der Waals surface area contributed by atoms with E-state index >= 15 is 0 Å². The number of rotatable bonds is 5. The molecule has 3 aromatic rings. The molecule has 6 heteroatoms. The van der Waals surface area contributed by atoms with Crippen LogP contribution >= 0.6 is 0 Å². The van der Waals surface area contributed by atoms with Crippen molar-refractivity contribution in [1.82, 2.24) is 20.7 Å². The zero-order valence-corrected chi connectivity index (χ0v) is 14.4. The van der Waals surface area contributed by atoms with E-state index in [0.29, 0.717) is 11.4 Å². The molecule has 0 fully saturated rings. The van der Waals surface area contributed by atoms with Gasteiger partial charge in [0.25, 0.3) is 5.91 Å². The number of aryl methyl sites for hydroxylation is 1. The lowest BCUT2D eigenvalue weighted by molar-refractivity contribution is 0.0938. The molecule has 0 bridgehead atoms. The maximum absolute atomic E-state index is 12.0. The van der Waals surface area contributed by atoms with E-state index < -0.39 is 0 Å². The summed E-state index contributed by atoms with van der Waals surface area (Å²) < 4.78 is 5.33. The molecule has 1 amide bonds. The number of aromatic nitrogens is 3. The number of hydrogen-bond acceptors (Lipinski definition) is 4. The first kappa shape index (κ1) is 16.7. The molecule has 0 aliphatic heterocycles. The van der Waals surface area contributed by atoms with E-state index in [-0.39, 0.29) is 11.9 Å². The first-order chi connectivity index (χ1) is 12.0. The average Bonchev–Trinajstić information content (AvgIpc) is 3.20. The number of carbonyl (C=O) groups excluding carboxylic acids is 1. The molecule has 0 unspecified atom stereocenters. The second-order valence-electron chi connectivity index (χ2n) is 6.04. The zero-order chi connectivity index (χ0) is 17.8. The van der Waals surface area contributed by atoms with Crippen LogP contribution in [0.4, 0.5) is 0 Å². The van der Waals surface area contributed by atoms with Gasteiger partial charge < -0.3 is 9.84 Å². The van der Waals surface area contributed by atoms with Crippen LogP contribution in [-0.4, -0.2) is 27.3 Å². The Kier molecular flexibility index (Phi) is 4.79. The summed E-state index contributed by atoms with van der Waals surface area (Å²) in [5.74, 6) is 0.552. The predicted molar refractivity (Wildman–Crippen MR) is 96.8 cm³/mol. The number of aromatic amines is 1. The van der Waals surface area contributed by atoms with Crippen molar-refractivity contribution < 1.29 is 9.32 Å². The third-order valence-corrected chi connectivity index (χ3v) is 3.64. The van der Waals surface area contributed by atoms with Crippen molar-refractivity contribution in [1.29, 1.82) is 0 Å². The molecule has 1 aromatic carbocycles. The van der Waals surface area contributed by atoms with Crippen molar-refractivity contribution in [3.05, 3.63) is 59.1 Å². The minimum atomic E-state index is -0.173. The molecular formula is C19H20N4O2. The van der Waals surface area contributed by atoms with Crippen molar-refractivity contribution in [3.63, 3.8) is 0 Å². The molecule has 0 atom stereocenters. The van der Waals surface area contributed by atoms with Crippen molar-refractivity contribution in [2.45, 2.75) is 26.8 Å². The molecule has 2 N–H and O–H groups in total. The van der Waals surface area contributed by atoms with E-state index in [4.69, 9.17) is 4.52 Å². The molecule has 0 radical (unpaired) electrons. The second kappa shape index (κ2) is 7.17. The molecule has 0 aliphatic rings. The van der Waals surface area contributed by atoms with Crippen LogP contribution in [0.1, 0.15) is 41.4 Å². The first-order valence-corrected chi connectivity index (χ1v) is 8.10. The van der Waals surface area contributed by atoms with Crippen molar-refractivity contribution >= 4 is 18.1 Å². The summed E-state index contributed by atoms with van der Waals surface area (Å²) in [6, 6.07) is 11.6. The molecule has 3 rings (SSSR count). The second-order valence-corrected chi connectivity index (χ2v) is 6.04. The number of nitrogens with zero attached hydrogens (tertiary/aromatic N) is 2. The average molecular weight is 336 g/mol. The summed E-state index contributed by atoms with van der Waals surface area (Å²) >= 11 is 0. The highest BCUT2D eigenvalue weighted by atomic mass is 16.5. The van der Waals surface area contributed by atoms with Gasteiger partial charge in [-0.3, -0.25) is 9.89 Å². The first-order valence-electron chi connectivity index (χ1n) is 8.10. The van der Waals surface area contributed by atoms with Gasteiger partial charge in [0.05, 0.1) is 5.69 Å². The van der Waals surface area contributed by atoms with Crippen LogP contribution < -0.4 is 5.32 Å². The molecule has 25 heavy (non-hydrogen) atoms. The number of H-pyrrole nitrogens is 1. The number of nitrogens with one attached hydrogen (secondary N) is 2. The van der Waals surface area contributed by atoms with E-state index in [1.807, 2.05) is 63.3 Å². The Labute approximate surface area is 145 Å². The lowest BCUT2D eigenvalue weighted by Crippen LogP contribution is -2.30. The van der Waals surface area contributed by atoms with Crippen molar-refractivity contribution in [2.75, 3.05) is 0 Å². The van der Waals surface area contributed by atoms with Gasteiger partial charge in [0.2, 0.25) is 0 Å². The van der Waals surface area contributed by atoms with Gasteiger partial charge in [-0.25, -0.2) is 0 Å². The molecule has 2 heterocycles. The minimum absolute atomic E-state index is 0.0721. The number of benzene rings is 1. The fraction of sp³-hybridized carbons (Fsp3) is 0.211. The molecule has 128 valence electrons.